The fraction of sp³-hybridized carbons (Fsp3) is 0.562. The van der Waals surface area contributed by atoms with Crippen LogP contribution in [0.2, 0.25) is 0 Å². The second kappa shape index (κ2) is 6.84. The number of aliphatic hydroxyl groups excluding tert-OH is 1. The SMILES string of the molecule is COc1cc(OC)c(C(=O)N[C@H]2CO[C@H]3[C@@H]2OC[C@H]3O)cc1OC. The normalized spacial score (nSPS) is 28.3. The summed E-state index contributed by atoms with van der Waals surface area (Å²) in [6, 6.07) is 2.82. The van der Waals surface area contributed by atoms with Crippen molar-refractivity contribution in [2.24, 2.45) is 0 Å². The average molecular weight is 339 g/mol. The van der Waals surface area contributed by atoms with E-state index >= 15 is 0 Å². The first-order valence-corrected chi connectivity index (χ1v) is 7.61. The summed E-state index contributed by atoms with van der Waals surface area (Å²) in [6.07, 6.45) is -1.41. The van der Waals surface area contributed by atoms with Crippen molar-refractivity contribution in [3.8, 4) is 17.2 Å². The Morgan fingerprint density at radius 3 is 2.33 bits per heavy atom. The quantitative estimate of drug-likeness (QED) is 0.778. The molecule has 8 heteroatoms. The molecule has 0 radical (unpaired) electrons. The van der Waals surface area contributed by atoms with Crippen LogP contribution in [0.15, 0.2) is 12.1 Å². The van der Waals surface area contributed by atoms with Crippen molar-refractivity contribution in [1.82, 2.24) is 5.32 Å². The molecule has 1 aromatic rings. The van der Waals surface area contributed by atoms with E-state index in [0.717, 1.165) is 0 Å². The molecular formula is C16H21NO7. The molecule has 2 aliphatic rings. The molecule has 0 aromatic heterocycles. The minimum absolute atomic E-state index is 0.210. The van der Waals surface area contributed by atoms with Crippen LogP contribution in [0.3, 0.4) is 0 Å². The Balaban J connectivity index is 1.80. The molecule has 2 N–H and O–H groups in total. The van der Waals surface area contributed by atoms with E-state index in [2.05, 4.69) is 5.32 Å². The molecule has 0 bridgehead atoms. The maximum Gasteiger partial charge on any atom is 0.255 e. The van der Waals surface area contributed by atoms with Crippen molar-refractivity contribution in [2.45, 2.75) is 24.4 Å². The second-order valence-corrected chi connectivity index (χ2v) is 5.65. The standard InChI is InChI=1S/C16H21NO7/c1-20-11-5-13(22-3)12(21-2)4-8(11)16(19)17-9-6-23-15-10(18)7-24-14(9)15/h4-5,9-10,14-15,18H,6-7H2,1-3H3,(H,17,19)/t9-,10+,14+,15+/m0/s1. The van der Waals surface area contributed by atoms with Gasteiger partial charge in [0.15, 0.2) is 11.5 Å². The van der Waals surface area contributed by atoms with Gasteiger partial charge in [-0.15, -0.1) is 0 Å². The number of carbonyl (C=O) groups excluding carboxylic acids is 1. The van der Waals surface area contributed by atoms with E-state index in [4.69, 9.17) is 23.7 Å². The van der Waals surface area contributed by atoms with Crippen LogP contribution in [-0.2, 0) is 9.47 Å². The number of ether oxygens (including phenoxy) is 5. The number of fused-ring (bicyclic) bond motifs is 1. The molecule has 1 aromatic carbocycles. The van der Waals surface area contributed by atoms with E-state index in [1.165, 1.54) is 21.3 Å². The van der Waals surface area contributed by atoms with Crippen LogP contribution in [0.1, 0.15) is 10.4 Å². The number of aliphatic hydroxyl groups is 1. The number of nitrogens with one attached hydrogen (secondary N) is 1. The summed E-state index contributed by atoms with van der Waals surface area (Å²) in [5, 5.41) is 12.6. The number of benzene rings is 1. The van der Waals surface area contributed by atoms with Crippen LogP contribution in [-0.4, -0.2) is 69.9 Å². The van der Waals surface area contributed by atoms with Gasteiger partial charge in [-0.3, -0.25) is 4.79 Å². The molecule has 0 aliphatic carbocycles. The highest BCUT2D eigenvalue weighted by atomic mass is 16.6. The molecule has 3 rings (SSSR count). The lowest BCUT2D eigenvalue weighted by Crippen LogP contribution is -2.44. The lowest BCUT2D eigenvalue weighted by Gasteiger charge is -2.19. The van der Waals surface area contributed by atoms with Gasteiger partial charge in [-0.1, -0.05) is 0 Å². The number of carbonyl (C=O) groups is 1. The van der Waals surface area contributed by atoms with Crippen molar-refractivity contribution in [1.29, 1.82) is 0 Å². The van der Waals surface area contributed by atoms with Gasteiger partial charge in [0.2, 0.25) is 0 Å². The van der Waals surface area contributed by atoms with Crippen molar-refractivity contribution in [2.75, 3.05) is 34.5 Å². The monoisotopic (exact) mass is 339 g/mol. The van der Waals surface area contributed by atoms with Gasteiger partial charge in [-0.25, -0.2) is 0 Å². The highest BCUT2D eigenvalue weighted by Crippen LogP contribution is 2.35. The molecule has 0 spiro atoms. The number of hydrogen-bond acceptors (Lipinski definition) is 7. The topological polar surface area (TPSA) is 95.5 Å². The number of amides is 1. The zero-order valence-electron chi connectivity index (χ0n) is 13.8. The van der Waals surface area contributed by atoms with E-state index in [1.54, 1.807) is 12.1 Å². The molecule has 2 heterocycles. The molecule has 24 heavy (non-hydrogen) atoms. The third-order valence-corrected chi connectivity index (χ3v) is 4.29. The summed E-state index contributed by atoms with van der Waals surface area (Å²) in [4.78, 5) is 12.7. The smallest absolute Gasteiger partial charge is 0.255 e. The minimum Gasteiger partial charge on any atom is -0.496 e. The van der Waals surface area contributed by atoms with Gasteiger partial charge >= 0.3 is 0 Å². The molecule has 2 fully saturated rings. The molecule has 8 nitrogen and oxygen atoms in total. The van der Waals surface area contributed by atoms with E-state index in [0.29, 0.717) is 22.8 Å². The van der Waals surface area contributed by atoms with E-state index in [-0.39, 0.29) is 31.3 Å². The number of hydrogen-bond donors (Lipinski definition) is 2. The van der Waals surface area contributed by atoms with Crippen LogP contribution in [0, 0.1) is 0 Å². The zero-order chi connectivity index (χ0) is 17.3. The number of rotatable bonds is 5. The first-order valence-electron chi connectivity index (χ1n) is 7.61. The van der Waals surface area contributed by atoms with Crippen LogP contribution < -0.4 is 19.5 Å². The Bertz CT molecular complexity index is 621. The molecule has 4 atom stereocenters. The van der Waals surface area contributed by atoms with Crippen LogP contribution in [0.5, 0.6) is 17.2 Å². The predicted octanol–water partition coefficient (Wildman–Crippen LogP) is -0.0307. The Morgan fingerprint density at radius 2 is 1.67 bits per heavy atom. The highest BCUT2D eigenvalue weighted by molar-refractivity contribution is 5.98. The summed E-state index contributed by atoms with van der Waals surface area (Å²) >= 11 is 0. The van der Waals surface area contributed by atoms with E-state index in [9.17, 15) is 9.90 Å². The highest BCUT2D eigenvalue weighted by Gasteiger charge is 2.47. The van der Waals surface area contributed by atoms with E-state index in [1.807, 2.05) is 0 Å². The third kappa shape index (κ3) is 2.88. The maximum absolute atomic E-state index is 12.7. The van der Waals surface area contributed by atoms with Gasteiger partial charge in [0.1, 0.15) is 24.1 Å². The van der Waals surface area contributed by atoms with E-state index < -0.39 is 12.2 Å². The van der Waals surface area contributed by atoms with Gasteiger partial charge in [-0.2, -0.15) is 0 Å². The molecule has 1 amide bonds. The third-order valence-electron chi connectivity index (χ3n) is 4.29. The average Bonchev–Trinajstić information content (AvgIpc) is 3.17. The van der Waals surface area contributed by atoms with Gasteiger partial charge in [-0.05, 0) is 0 Å². The van der Waals surface area contributed by atoms with Gasteiger partial charge in [0, 0.05) is 12.1 Å². The second-order valence-electron chi connectivity index (χ2n) is 5.65. The molecule has 2 saturated heterocycles. The number of methoxy groups -OCH3 is 3. The molecular weight excluding hydrogens is 318 g/mol. The van der Waals surface area contributed by atoms with Crippen LogP contribution in [0.25, 0.3) is 0 Å². The summed E-state index contributed by atoms with van der Waals surface area (Å²) < 4.78 is 26.7. The lowest BCUT2D eigenvalue weighted by molar-refractivity contribution is 0.0178. The van der Waals surface area contributed by atoms with Crippen LogP contribution in [0.4, 0.5) is 0 Å². The van der Waals surface area contributed by atoms with Crippen molar-refractivity contribution >= 4 is 5.91 Å². The minimum atomic E-state index is -0.660. The zero-order valence-corrected chi connectivity index (χ0v) is 13.8. The van der Waals surface area contributed by atoms with Crippen molar-refractivity contribution in [3.05, 3.63) is 17.7 Å². The van der Waals surface area contributed by atoms with Crippen LogP contribution >= 0.6 is 0 Å². The first-order chi connectivity index (χ1) is 11.6. The molecule has 132 valence electrons. The molecule has 2 aliphatic heterocycles. The Hall–Kier alpha value is -2.03. The van der Waals surface area contributed by atoms with Crippen molar-refractivity contribution in [3.63, 3.8) is 0 Å². The van der Waals surface area contributed by atoms with Gasteiger partial charge < -0.3 is 34.1 Å². The summed E-state index contributed by atoms with van der Waals surface area (Å²) in [7, 11) is 4.48. The fourth-order valence-electron chi connectivity index (χ4n) is 3.06. The predicted molar refractivity (Wildman–Crippen MR) is 82.8 cm³/mol. The first kappa shape index (κ1) is 16.8. The van der Waals surface area contributed by atoms with Gasteiger partial charge in [0.25, 0.3) is 5.91 Å². The maximum atomic E-state index is 12.7. The summed E-state index contributed by atoms with van der Waals surface area (Å²) in [5.41, 5.74) is 0.317. The molecule has 0 saturated carbocycles. The Labute approximate surface area is 139 Å². The lowest BCUT2D eigenvalue weighted by atomic mass is 10.1. The fourth-order valence-corrected chi connectivity index (χ4v) is 3.06. The largest absolute Gasteiger partial charge is 0.496 e. The summed E-state index contributed by atoms with van der Waals surface area (Å²) in [5.74, 6) is 0.925. The van der Waals surface area contributed by atoms with Crippen molar-refractivity contribution < 1.29 is 33.6 Å². The Morgan fingerprint density at radius 1 is 1.04 bits per heavy atom. The Kier molecular flexibility index (Phi) is 4.79. The molecule has 0 unspecified atom stereocenters. The summed E-state index contributed by atoms with van der Waals surface area (Å²) in [6.45, 7) is 0.495. The van der Waals surface area contributed by atoms with Gasteiger partial charge in [0.05, 0.1) is 46.1 Å².